The van der Waals surface area contributed by atoms with Gasteiger partial charge < -0.3 is 5.11 Å². The first kappa shape index (κ1) is 13.7. The molecule has 3 nitrogen and oxygen atoms in total. The Morgan fingerprint density at radius 1 is 1.21 bits per heavy atom. The van der Waals surface area contributed by atoms with Gasteiger partial charge in [-0.15, -0.1) is 0 Å². The van der Waals surface area contributed by atoms with Crippen LogP contribution in [-0.2, 0) is 6.54 Å². The van der Waals surface area contributed by atoms with Gasteiger partial charge in [-0.25, -0.2) is 4.68 Å². The topological polar surface area (TPSA) is 38.0 Å². The summed E-state index contributed by atoms with van der Waals surface area (Å²) in [7, 11) is 0. The van der Waals surface area contributed by atoms with Crippen LogP contribution in [0.2, 0.25) is 0 Å². The molecule has 0 unspecified atom stereocenters. The third-order valence-electron chi connectivity index (χ3n) is 3.31. The van der Waals surface area contributed by atoms with Crippen LogP contribution in [0.15, 0.2) is 30.3 Å². The molecule has 19 heavy (non-hydrogen) atoms. The number of benzene rings is 1. The lowest BCUT2D eigenvalue weighted by molar-refractivity contribution is 0.387. The number of hydrogen-bond donors (Lipinski definition) is 1. The van der Waals surface area contributed by atoms with Crippen molar-refractivity contribution in [2.24, 2.45) is 0 Å². The van der Waals surface area contributed by atoms with Gasteiger partial charge in [-0.2, -0.15) is 5.10 Å². The highest BCUT2D eigenvalue weighted by Gasteiger charge is 2.20. The van der Waals surface area contributed by atoms with Crippen LogP contribution >= 0.6 is 0 Å². The van der Waals surface area contributed by atoms with Gasteiger partial charge in [0.15, 0.2) is 0 Å². The Bertz CT molecular complexity index is 529. The van der Waals surface area contributed by atoms with Crippen molar-refractivity contribution in [3.63, 3.8) is 0 Å². The molecule has 0 fully saturated rings. The van der Waals surface area contributed by atoms with E-state index in [-0.39, 0.29) is 5.92 Å². The smallest absolute Gasteiger partial charge is 0.213 e. The van der Waals surface area contributed by atoms with Gasteiger partial charge in [0.05, 0.1) is 5.69 Å². The minimum Gasteiger partial charge on any atom is -0.493 e. The molecule has 2 rings (SSSR count). The average molecular weight is 258 g/mol. The van der Waals surface area contributed by atoms with Crippen LogP contribution < -0.4 is 0 Å². The number of rotatable bonds is 5. The molecule has 0 saturated heterocycles. The van der Waals surface area contributed by atoms with Gasteiger partial charge in [0, 0.05) is 17.7 Å². The summed E-state index contributed by atoms with van der Waals surface area (Å²) in [6.07, 6.45) is 2.12. The van der Waals surface area contributed by atoms with Crippen molar-refractivity contribution >= 4 is 0 Å². The van der Waals surface area contributed by atoms with Gasteiger partial charge in [-0.1, -0.05) is 57.5 Å². The van der Waals surface area contributed by atoms with Crippen molar-refractivity contribution < 1.29 is 5.11 Å². The third-order valence-corrected chi connectivity index (χ3v) is 3.31. The van der Waals surface area contributed by atoms with E-state index >= 15 is 0 Å². The standard InChI is InChI=1S/C16H22N2O/c1-4-5-11-18-16(19)14(12(2)3)15(17-18)13-9-7-6-8-10-13/h6-10,12,19H,4-5,11H2,1-3H3. The molecule has 0 aliphatic rings. The second-order valence-electron chi connectivity index (χ2n) is 5.18. The van der Waals surface area contributed by atoms with Crippen LogP contribution in [0.4, 0.5) is 0 Å². The maximum absolute atomic E-state index is 10.4. The van der Waals surface area contributed by atoms with Crippen LogP contribution in [0.25, 0.3) is 11.3 Å². The molecule has 0 aliphatic carbocycles. The minimum atomic E-state index is 0.255. The molecule has 1 aromatic carbocycles. The predicted octanol–water partition coefficient (Wildman–Crippen LogP) is 4.18. The van der Waals surface area contributed by atoms with Crippen LogP contribution in [0.5, 0.6) is 5.88 Å². The molecule has 2 aromatic rings. The fourth-order valence-electron chi connectivity index (χ4n) is 2.27. The zero-order valence-electron chi connectivity index (χ0n) is 11.9. The summed E-state index contributed by atoms with van der Waals surface area (Å²) >= 11 is 0. The number of nitrogens with zero attached hydrogens (tertiary/aromatic N) is 2. The first-order valence-corrected chi connectivity index (χ1v) is 7.00. The first-order valence-electron chi connectivity index (χ1n) is 7.00. The van der Waals surface area contributed by atoms with E-state index < -0.39 is 0 Å². The van der Waals surface area contributed by atoms with Crippen LogP contribution in [0.3, 0.4) is 0 Å². The number of aryl methyl sites for hydroxylation is 1. The van der Waals surface area contributed by atoms with E-state index in [1.54, 1.807) is 4.68 Å². The Kier molecular flexibility index (Phi) is 4.25. The summed E-state index contributed by atoms with van der Waals surface area (Å²) in [5, 5.41) is 15.0. The number of aromatic nitrogens is 2. The fourth-order valence-corrected chi connectivity index (χ4v) is 2.27. The second-order valence-corrected chi connectivity index (χ2v) is 5.18. The van der Waals surface area contributed by atoms with E-state index in [9.17, 15) is 5.11 Å². The lowest BCUT2D eigenvalue weighted by Gasteiger charge is -2.06. The second kappa shape index (κ2) is 5.91. The van der Waals surface area contributed by atoms with Gasteiger partial charge in [0.2, 0.25) is 5.88 Å². The molecule has 0 atom stereocenters. The van der Waals surface area contributed by atoms with Crippen molar-refractivity contribution in [3.05, 3.63) is 35.9 Å². The molecule has 0 radical (unpaired) electrons. The van der Waals surface area contributed by atoms with E-state index in [1.165, 1.54) is 0 Å². The monoisotopic (exact) mass is 258 g/mol. The summed E-state index contributed by atoms with van der Waals surface area (Å²) in [5.74, 6) is 0.577. The Morgan fingerprint density at radius 3 is 2.47 bits per heavy atom. The third kappa shape index (κ3) is 2.80. The molecule has 102 valence electrons. The SMILES string of the molecule is CCCCn1nc(-c2ccccc2)c(C(C)C)c1O. The van der Waals surface area contributed by atoms with Gasteiger partial charge >= 0.3 is 0 Å². The number of unbranched alkanes of at least 4 members (excludes halogenated alkanes) is 1. The Balaban J connectivity index is 2.47. The molecule has 3 heteroatoms. The van der Waals surface area contributed by atoms with Gasteiger partial charge in [-0.05, 0) is 12.3 Å². The van der Waals surface area contributed by atoms with Crippen molar-refractivity contribution in [2.75, 3.05) is 0 Å². The molecule has 0 aliphatic heterocycles. The zero-order chi connectivity index (χ0) is 13.8. The summed E-state index contributed by atoms with van der Waals surface area (Å²) in [5.41, 5.74) is 2.92. The average Bonchev–Trinajstić information content (AvgIpc) is 2.74. The molecule has 0 bridgehead atoms. The Hall–Kier alpha value is -1.77. The summed E-state index contributed by atoms with van der Waals surface area (Å²) in [4.78, 5) is 0. The van der Waals surface area contributed by atoms with Gasteiger partial charge in [0.25, 0.3) is 0 Å². The van der Waals surface area contributed by atoms with Crippen LogP contribution in [-0.4, -0.2) is 14.9 Å². The van der Waals surface area contributed by atoms with E-state index in [1.807, 2.05) is 30.3 Å². The summed E-state index contributed by atoms with van der Waals surface area (Å²) in [6, 6.07) is 10.1. The van der Waals surface area contributed by atoms with Gasteiger partial charge in [0.1, 0.15) is 0 Å². The van der Waals surface area contributed by atoms with E-state index in [0.29, 0.717) is 5.88 Å². The quantitative estimate of drug-likeness (QED) is 0.873. The summed E-state index contributed by atoms with van der Waals surface area (Å²) < 4.78 is 1.74. The Morgan fingerprint density at radius 2 is 1.89 bits per heavy atom. The molecular weight excluding hydrogens is 236 g/mol. The lowest BCUT2D eigenvalue weighted by atomic mass is 9.99. The van der Waals surface area contributed by atoms with E-state index in [2.05, 4.69) is 25.9 Å². The highest BCUT2D eigenvalue weighted by atomic mass is 16.3. The van der Waals surface area contributed by atoms with Gasteiger partial charge in [-0.3, -0.25) is 0 Å². The molecular formula is C16H22N2O. The molecule has 1 aromatic heterocycles. The van der Waals surface area contributed by atoms with Crippen molar-refractivity contribution in [1.29, 1.82) is 0 Å². The highest BCUT2D eigenvalue weighted by molar-refractivity contribution is 5.66. The highest BCUT2D eigenvalue weighted by Crippen LogP contribution is 2.35. The first-order chi connectivity index (χ1) is 9.15. The van der Waals surface area contributed by atoms with Crippen molar-refractivity contribution in [2.45, 2.75) is 46.1 Å². The fraction of sp³-hybridized carbons (Fsp3) is 0.438. The number of aromatic hydroxyl groups is 1. The molecule has 1 N–H and O–H groups in total. The minimum absolute atomic E-state index is 0.255. The van der Waals surface area contributed by atoms with Crippen LogP contribution in [0, 0.1) is 0 Å². The number of hydrogen-bond acceptors (Lipinski definition) is 2. The largest absolute Gasteiger partial charge is 0.493 e. The predicted molar refractivity (Wildman–Crippen MR) is 78.3 cm³/mol. The summed E-state index contributed by atoms with van der Waals surface area (Å²) in [6.45, 7) is 7.09. The molecule has 0 amide bonds. The van der Waals surface area contributed by atoms with Crippen molar-refractivity contribution in [3.8, 4) is 17.1 Å². The maximum atomic E-state index is 10.4. The van der Waals surface area contributed by atoms with Crippen molar-refractivity contribution in [1.82, 2.24) is 9.78 Å². The van der Waals surface area contributed by atoms with E-state index in [0.717, 1.165) is 36.2 Å². The molecule has 0 spiro atoms. The zero-order valence-corrected chi connectivity index (χ0v) is 11.9. The maximum Gasteiger partial charge on any atom is 0.213 e. The molecule has 0 saturated carbocycles. The molecule has 1 heterocycles. The van der Waals surface area contributed by atoms with Crippen LogP contribution in [0.1, 0.15) is 45.1 Å². The van der Waals surface area contributed by atoms with E-state index in [4.69, 9.17) is 0 Å². The Labute approximate surface area is 114 Å². The normalized spacial score (nSPS) is 11.2. The lowest BCUT2D eigenvalue weighted by Crippen LogP contribution is -1.99.